The van der Waals surface area contributed by atoms with Crippen LogP contribution in [0.3, 0.4) is 0 Å². The van der Waals surface area contributed by atoms with Gasteiger partial charge in [-0.05, 0) is 0 Å². The Balaban J connectivity index is -0.0000000667. The normalized spacial score (nSPS) is 12.0. The molecule has 0 aromatic rings. The van der Waals surface area contributed by atoms with Gasteiger partial charge in [0.1, 0.15) is 0 Å². The Labute approximate surface area is 171 Å². The Kier molecular flexibility index (Phi) is 22.2. The highest BCUT2D eigenvalue weighted by atomic mass is 28.3. The molecule has 0 radical (unpaired) electrons. The van der Waals surface area contributed by atoms with Crippen LogP contribution in [0.25, 0.3) is 0 Å². The first-order valence-corrected chi connectivity index (χ1v) is 30.0. The molecular weight excluding hydrogens is 381 g/mol. The van der Waals surface area contributed by atoms with Gasteiger partial charge in [0, 0.05) is 40.4 Å². The fourth-order valence-electron chi connectivity index (χ4n) is 0. The maximum absolute atomic E-state index is 2.33. The van der Waals surface area contributed by atoms with Crippen molar-refractivity contribution in [3.8, 4) is 0 Å². The molecule has 0 aromatic carbocycles. The molecule has 0 amide bonds. The Morgan fingerprint density at radius 1 is 0.160 bits per heavy atom. The van der Waals surface area contributed by atoms with Crippen molar-refractivity contribution in [3.63, 3.8) is 0 Å². The molecule has 0 aliphatic rings. The predicted molar refractivity (Wildman–Crippen MR) is 146 cm³/mol. The Hall–Kier alpha value is 1.08. The molecule has 0 heterocycles. The third-order valence-electron chi connectivity index (χ3n) is 0. The summed E-state index contributed by atoms with van der Waals surface area (Å²) < 4.78 is 0. The van der Waals surface area contributed by atoms with Gasteiger partial charge in [0.15, 0.2) is 0 Å². The van der Waals surface area contributed by atoms with Crippen molar-refractivity contribution >= 4 is 40.4 Å². The molecule has 5 heteroatoms. The third kappa shape index (κ3) is 11400. The molecule has 0 nitrogen and oxygen atoms in total. The third-order valence-corrected chi connectivity index (χ3v) is 0. The summed E-state index contributed by atoms with van der Waals surface area (Å²) in [5.74, 6) is 0. The molecular formula is C20H60Si5. The lowest BCUT2D eigenvalue weighted by molar-refractivity contribution is 1.71. The number of hydrogen-bond donors (Lipinski definition) is 0. The van der Waals surface area contributed by atoms with Gasteiger partial charge in [0.2, 0.25) is 0 Å². The van der Waals surface area contributed by atoms with Gasteiger partial charge >= 0.3 is 0 Å². The molecule has 0 aromatic heterocycles. The first kappa shape index (κ1) is 36.9. The molecule has 0 saturated carbocycles. The van der Waals surface area contributed by atoms with E-state index in [0.29, 0.717) is 0 Å². The maximum Gasteiger partial charge on any atom is 0.0411 e. The highest BCUT2D eigenvalue weighted by Crippen LogP contribution is 1.96. The smallest absolute Gasteiger partial charge is 0.0411 e. The summed E-state index contributed by atoms with van der Waals surface area (Å²) in [6, 6.07) is 0. The minimum atomic E-state index is -0.611. The quantitative estimate of drug-likeness (QED) is 0.328. The molecule has 0 spiro atoms. The van der Waals surface area contributed by atoms with Crippen LogP contribution in [0.1, 0.15) is 0 Å². The minimum absolute atomic E-state index is 0.611. The summed E-state index contributed by atoms with van der Waals surface area (Å²) in [4.78, 5) is 0. The van der Waals surface area contributed by atoms with E-state index in [1.165, 1.54) is 0 Å². The lowest BCUT2D eigenvalue weighted by atomic mass is 11.8. The van der Waals surface area contributed by atoms with E-state index in [2.05, 4.69) is 131 Å². The van der Waals surface area contributed by atoms with Crippen LogP contribution in [0.2, 0.25) is 131 Å². The van der Waals surface area contributed by atoms with Gasteiger partial charge in [0.25, 0.3) is 0 Å². The SMILES string of the molecule is C[Si](C)(C)C.C[Si](C)(C)C.C[Si](C)(C)C.C[Si](C)(C)C.C[Si](C)(C)C. The van der Waals surface area contributed by atoms with Crippen LogP contribution >= 0.6 is 0 Å². The van der Waals surface area contributed by atoms with Gasteiger partial charge in [-0.3, -0.25) is 0 Å². The number of hydrogen-bond acceptors (Lipinski definition) is 0. The van der Waals surface area contributed by atoms with Gasteiger partial charge in [-0.25, -0.2) is 0 Å². The molecule has 0 unspecified atom stereocenters. The Morgan fingerprint density at radius 2 is 0.160 bits per heavy atom. The second kappa shape index (κ2) is 15.1. The molecule has 0 N–H and O–H groups in total. The minimum Gasteiger partial charge on any atom is -0.0697 e. The summed E-state index contributed by atoms with van der Waals surface area (Å²) in [6.45, 7) is 46.5. The van der Waals surface area contributed by atoms with E-state index in [4.69, 9.17) is 0 Å². The average Bonchev–Trinajstić information content (AvgIpc) is 1.79. The van der Waals surface area contributed by atoms with Gasteiger partial charge in [-0.2, -0.15) is 0 Å². The second-order valence-corrected chi connectivity index (χ2v) is 45.0. The molecule has 25 heavy (non-hydrogen) atoms. The monoisotopic (exact) mass is 440 g/mol. The molecule has 0 aliphatic carbocycles. The van der Waals surface area contributed by atoms with Crippen LogP contribution in [0.5, 0.6) is 0 Å². The largest absolute Gasteiger partial charge is 0.0697 e. The van der Waals surface area contributed by atoms with Crippen molar-refractivity contribution in [2.75, 3.05) is 0 Å². The van der Waals surface area contributed by atoms with Gasteiger partial charge in [-0.15, -0.1) is 0 Å². The van der Waals surface area contributed by atoms with Crippen LogP contribution in [-0.4, -0.2) is 40.4 Å². The van der Waals surface area contributed by atoms with Crippen LogP contribution < -0.4 is 0 Å². The lowest BCUT2D eigenvalue weighted by Crippen LogP contribution is -2.10. The zero-order chi connectivity index (χ0) is 22.5. The molecule has 0 saturated heterocycles. The predicted octanol–water partition coefficient (Wildman–Crippen LogP) is 9.77. The van der Waals surface area contributed by atoms with E-state index in [9.17, 15) is 0 Å². The zero-order valence-electron chi connectivity index (χ0n) is 22.5. The van der Waals surface area contributed by atoms with Crippen molar-refractivity contribution in [1.82, 2.24) is 0 Å². The molecule has 160 valence electrons. The summed E-state index contributed by atoms with van der Waals surface area (Å²) in [7, 11) is -3.06. The highest BCUT2D eigenvalue weighted by molar-refractivity contribution is 6.76. The van der Waals surface area contributed by atoms with Crippen molar-refractivity contribution in [2.45, 2.75) is 131 Å². The van der Waals surface area contributed by atoms with E-state index in [0.717, 1.165) is 0 Å². The van der Waals surface area contributed by atoms with Crippen molar-refractivity contribution < 1.29 is 0 Å². The highest BCUT2D eigenvalue weighted by Gasteiger charge is 2.01. The van der Waals surface area contributed by atoms with Crippen LogP contribution in [-0.2, 0) is 0 Å². The summed E-state index contributed by atoms with van der Waals surface area (Å²) >= 11 is 0. The van der Waals surface area contributed by atoms with Crippen molar-refractivity contribution in [3.05, 3.63) is 0 Å². The lowest BCUT2D eigenvalue weighted by Gasteiger charge is -2.01. The van der Waals surface area contributed by atoms with Gasteiger partial charge in [0.05, 0.1) is 0 Å². The zero-order valence-corrected chi connectivity index (χ0v) is 27.5. The maximum atomic E-state index is 2.33. The molecule has 0 atom stereocenters. The number of rotatable bonds is 0. The standard InChI is InChI=1S/5C4H12Si/c5*1-5(2,3)4/h5*1-4H3. The molecule has 0 aliphatic heterocycles. The van der Waals surface area contributed by atoms with E-state index in [1.54, 1.807) is 0 Å². The van der Waals surface area contributed by atoms with Crippen LogP contribution in [0.4, 0.5) is 0 Å². The van der Waals surface area contributed by atoms with Crippen molar-refractivity contribution in [2.24, 2.45) is 0 Å². The van der Waals surface area contributed by atoms with E-state index in [1.807, 2.05) is 0 Å². The average molecular weight is 441 g/mol. The van der Waals surface area contributed by atoms with Crippen molar-refractivity contribution in [1.29, 1.82) is 0 Å². The molecule has 0 bridgehead atoms. The first-order valence-electron chi connectivity index (χ1n) is 10.0. The fraction of sp³-hybridized carbons (Fsp3) is 1.00. The van der Waals surface area contributed by atoms with Gasteiger partial charge < -0.3 is 0 Å². The summed E-state index contributed by atoms with van der Waals surface area (Å²) in [5, 5.41) is 0. The summed E-state index contributed by atoms with van der Waals surface area (Å²) in [5.41, 5.74) is 0. The summed E-state index contributed by atoms with van der Waals surface area (Å²) in [6.07, 6.45) is 0. The van der Waals surface area contributed by atoms with Crippen LogP contribution in [0.15, 0.2) is 0 Å². The fourth-order valence-corrected chi connectivity index (χ4v) is 0. The first-order chi connectivity index (χ1) is 10.0. The second-order valence-electron chi connectivity index (χ2n) is 15.0. The van der Waals surface area contributed by atoms with E-state index in [-0.39, 0.29) is 0 Å². The van der Waals surface area contributed by atoms with E-state index >= 15 is 0 Å². The Bertz CT molecular complexity index is 165. The molecule has 0 fully saturated rings. The van der Waals surface area contributed by atoms with Gasteiger partial charge in [-0.1, -0.05) is 131 Å². The molecule has 0 rings (SSSR count). The topological polar surface area (TPSA) is 0 Å². The Morgan fingerprint density at radius 3 is 0.160 bits per heavy atom. The van der Waals surface area contributed by atoms with E-state index < -0.39 is 40.4 Å². The van der Waals surface area contributed by atoms with Crippen LogP contribution in [0, 0.1) is 0 Å².